The number of benzene rings is 1. The molecular formula is C11H13NOS. The van der Waals surface area contributed by atoms with Crippen LogP contribution in [0.4, 0.5) is 5.69 Å². The molecule has 0 aliphatic rings. The number of hydrogen-bond acceptors (Lipinski definition) is 3. The van der Waals surface area contributed by atoms with E-state index in [1.165, 1.54) is 15.6 Å². The molecule has 0 aliphatic heterocycles. The first-order valence-electron chi connectivity index (χ1n) is 4.57. The summed E-state index contributed by atoms with van der Waals surface area (Å²) >= 11 is 1.67. The fourth-order valence-electron chi connectivity index (χ4n) is 1.58. The Labute approximate surface area is 87.2 Å². The van der Waals surface area contributed by atoms with E-state index < -0.39 is 0 Å². The molecule has 0 amide bonds. The van der Waals surface area contributed by atoms with Gasteiger partial charge < -0.3 is 10.4 Å². The molecule has 0 aliphatic carbocycles. The number of thiophene rings is 1. The zero-order valence-electron chi connectivity index (χ0n) is 8.29. The summed E-state index contributed by atoms with van der Waals surface area (Å²) in [5.74, 6) is 0. The number of fused-ring (bicyclic) bond motifs is 1. The first kappa shape index (κ1) is 9.49. The van der Waals surface area contributed by atoms with Gasteiger partial charge in [-0.25, -0.2) is 0 Å². The van der Waals surface area contributed by atoms with Crippen LogP contribution in [0.15, 0.2) is 18.2 Å². The first-order chi connectivity index (χ1) is 6.76. The molecule has 2 N–H and O–H groups in total. The molecule has 0 spiro atoms. The monoisotopic (exact) mass is 207 g/mol. The van der Waals surface area contributed by atoms with E-state index in [1.807, 2.05) is 7.05 Å². The second-order valence-electron chi connectivity index (χ2n) is 3.27. The van der Waals surface area contributed by atoms with Gasteiger partial charge in [-0.15, -0.1) is 11.3 Å². The highest BCUT2D eigenvalue weighted by Gasteiger charge is 2.07. The number of aliphatic hydroxyl groups excluding tert-OH is 1. The van der Waals surface area contributed by atoms with Gasteiger partial charge in [0.05, 0.1) is 6.61 Å². The normalized spacial score (nSPS) is 10.8. The summed E-state index contributed by atoms with van der Waals surface area (Å²) in [6, 6.07) is 6.28. The van der Waals surface area contributed by atoms with Gasteiger partial charge in [-0.05, 0) is 36.1 Å². The smallest absolute Gasteiger partial charge is 0.0777 e. The zero-order valence-corrected chi connectivity index (χ0v) is 9.11. The molecule has 2 nitrogen and oxygen atoms in total. The molecule has 0 radical (unpaired) electrons. The molecule has 3 heteroatoms. The lowest BCUT2D eigenvalue weighted by molar-refractivity contribution is 0.285. The molecule has 0 saturated carbocycles. The number of aryl methyl sites for hydroxylation is 1. The van der Waals surface area contributed by atoms with E-state index in [-0.39, 0.29) is 6.61 Å². The summed E-state index contributed by atoms with van der Waals surface area (Å²) in [4.78, 5) is 1.06. The third-order valence-corrected chi connectivity index (χ3v) is 3.72. The van der Waals surface area contributed by atoms with Crippen LogP contribution in [0.5, 0.6) is 0 Å². The van der Waals surface area contributed by atoms with Crippen molar-refractivity contribution >= 4 is 27.1 Å². The molecular weight excluding hydrogens is 194 g/mol. The summed E-state index contributed by atoms with van der Waals surface area (Å²) in [5.41, 5.74) is 2.31. The minimum atomic E-state index is 0.139. The van der Waals surface area contributed by atoms with Gasteiger partial charge in [0.2, 0.25) is 0 Å². The maximum atomic E-state index is 9.14. The van der Waals surface area contributed by atoms with Crippen LogP contribution in [-0.2, 0) is 6.61 Å². The van der Waals surface area contributed by atoms with E-state index in [2.05, 4.69) is 30.4 Å². The first-order valence-corrected chi connectivity index (χ1v) is 5.38. The van der Waals surface area contributed by atoms with Crippen LogP contribution in [0, 0.1) is 6.92 Å². The third kappa shape index (κ3) is 1.38. The maximum Gasteiger partial charge on any atom is 0.0777 e. The molecule has 1 aromatic carbocycles. The summed E-state index contributed by atoms with van der Waals surface area (Å²) in [5, 5.41) is 13.5. The molecule has 1 aromatic heterocycles. The second-order valence-corrected chi connectivity index (χ2v) is 4.41. The summed E-state index contributed by atoms with van der Waals surface area (Å²) in [6.45, 7) is 2.20. The number of hydrogen-bond donors (Lipinski definition) is 2. The van der Waals surface area contributed by atoms with E-state index in [9.17, 15) is 0 Å². The van der Waals surface area contributed by atoms with Gasteiger partial charge >= 0.3 is 0 Å². The fraction of sp³-hybridized carbons (Fsp3) is 0.273. The van der Waals surface area contributed by atoms with Gasteiger partial charge in [0.1, 0.15) is 0 Å². The minimum Gasteiger partial charge on any atom is -0.391 e. The van der Waals surface area contributed by atoms with Gasteiger partial charge in [0, 0.05) is 22.3 Å². The van der Waals surface area contributed by atoms with Gasteiger partial charge in [-0.3, -0.25) is 0 Å². The Kier molecular flexibility index (Phi) is 2.44. The number of anilines is 1. The van der Waals surface area contributed by atoms with Crippen LogP contribution in [0.1, 0.15) is 10.4 Å². The van der Waals surface area contributed by atoms with Crippen molar-refractivity contribution in [3.05, 3.63) is 28.6 Å². The molecule has 0 saturated heterocycles. The van der Waals surface area contributed by atoms with Crippen LogP contribution in [-0.4, -0.2) is 12.2 Å². The topological polar surface area (TPSA) is 32.3 Å². The van der Waals surface area contributed by atoms with Crippen molar-refractivity contribution in [1.82, 2.24) is 0 Å². The largest absolute Gasteiger partial charge is 0.391 e. The van der Waals surface area contributed by atoms with E-state index in [0.29, 0.717) is 0 Å². The van der Waals surface area contributed by atoms with E-state index in [4.69, 9.17) is 5.11 Å². The second kappa shape index (κ2) is 3.59. The predicted octanol–water partition coefficient (Wildman–Crippen LogP) is 2.74. The lowest BCUT2D eigenvalue weighted by Gasteiger charge is -1.99. The van der Waals surface area contributed by atoms with E-state index in [1.54, 1.807) is 11.3 Å². The number of rotatable bonds is 2. The standard InChI is InChI=1S/C11H13NOS/c1-7-9-5-8(12-2)3-4-10(9)14-11(7)6-13/h3-5,12-13H,6H2,1-2H3. The van der Waals surface area contributed by atoms with Crippen LogP contribution in [0.3, 0.4) is 0 Å². The van der Waals surface area contributed by atoms with Gasteiger partial charge in [-0.1, -0.05) is 0 Å². The van der Waals surface area contributed by atoms with Gasteiger partial charge in [-0.2, -0.15) is 0 Å². The molecule has 0 fully saturated rings. The van der Waals surface area contributed by atoms with Crippen LogP contribution in [0.25, 0.3) is 10.1 Å². The van der Waals surface area contributed by atoms with Crippen LogP contribution in [0.2, 0.25) is 0 Å². The van der Waals surface area contributed by atoms with Crippen LogP contribution >= 0.6 is 11.3 Å². The van der Waals surface area contributed by atoms with Crippen molar-refractivity contribution in [1.29, 1.82) is 0 Å². The fourth-order valence-corrected chi connectivity index (χ4v) is 2.63. The van der Waals surface area contributed by atoms with Gasteiger partial charge in [0.15, 0.2) is 0 Å². The average molecular weight is 207 g/mol. The Morgan fingerprint density at radius 1 is 1.43 bits per heavy atom. The van der Waals surface area contributed by atoms with E-state index in [0.717, 1.165) is 10.6 Å². The molecule has 1 heterocycles. The summed E-state index contributed by atoms with van der Waals surface area (Å²) < 4.78 is 1.24. The van der Waals surface area contributed by atoms with Crippen molar-refractivity contribution in [2.45, 2.75) is 13.5 Å². The van der Waals surface area contributed by atoms with Crippen molar-refractivity contribution < 1.29 is 5.11 Å². The van der Waals surface area contributed by atoms with Crippen molar-refractivity contribution in [2.75, 3.05) is 12.4 Å². The van der Waals surface area contributed by atoms with Gasteiger partial charge in [0.25, 0.3) is 0 Å². The highest BCUT2D eigenvalue weighted by molar-refractivity contribution is 7.19. The Bertz CT molecular complexity index is 462. The quantitative estimate of drug-likeness (QED) is 0.793. The SMILES string of the molecule is CNc1ccc2sc(CO)c(C)c2c1. The molecule has 0 bridgehead atoms. The Balaban J connectivity index is 2.68. The third-order valence-electron chi connectivity index (χ3n) is 2.47. The van der Waals surface area contributed by atoms with Crippen molar-refractivity contribution in [3.8, 4) is 0 Å². The van der Waals surface area contributed by atoms with Crippen LogP contribution < -0.4 is 5.32 Å². The molecule has 2 aromatic rings. The molecule has 0 atom stereocenters. The lowest BCUT2D eigenvalue weighted by Crippen LogP contribution is -1.86. The number of aliphatic hydroxyl groups is 1. The Morgan fingerprint density at radius 2 is 2.21 bits per heavy atom. The highest BCUT2D eigenvalue weighted by atomic mass is 32.1. The Hall–Kier alpha value is -1.06. The Morgan fingerprint density at radius 3 is 2.86 bits per heavy atom. The average Bonchev–Trinajstić information content (AvgIpc) is 2.55. The zero-order chi connectivity index (χ0) is 10.1. The van der Waals surface area contributed by atoms with E-state index >= 15 is 0 Å². The number of nitrogens with one attached hydrogen (secondary N) is 1. The molecule has 2 rings (SSSR count). The molecule has 74 valence electrons. The summed E-state index contributed by atoms with van der Waals surface area (Å²) in [6.07, 6.45) is 0. The predicted molar refractivity (Wildman–Crippen MR) is 62.0 cm³/mol. The summed E-state index contributed by atoms with van der Waals surface area (Å²) in [7, 11) is 1.91. The van der Waals surface area contributed by atoms with Crippen molar-refractivity contribution in [3.63, 3.8) is 0 Å². The highest BCUT2D eigenvalue weighted by Crippen LogP contribution is 2.32. The minimum absolute atomic E-state index is 0.139. The lowest BCUT2D eigenvalue weighted by atomic mass is 10.1. The molecule has 14 heavy (non-hydrogen) atoms. The molecule has 0 unspecified atom stereocenters. The maximum absolute atomic E-state index is 9.14. The van der Waals surface area contributed by atoms with Crippen molar-refractivity contribution in [2.24, 2.45) is 0 Å².